The highest BCUT2D eigenvalue weighted by atomic mass is 32.1. The molecule has 22 heavy (non-hydrogen) atoms. The molecule has 1 aliphatic heterocycles. The van der Waals surface area contributed by atoms with Crippen LogP contribution in [0.2, 0.25) is 0 Å². The first-order valence-electron chi connectivity index (χ1n) is 7.98. The number of nitrogens with zero attached hydrogens (tertiary/aromatic N) is 4. The summed E-state index contributed by atoms with van der Waals surface area (Å²) >= 11 is 1.63. The van der Waals surface area contributed by atoms with Gasteiger partial charge in [-0.15, -0.1) is 11.3 Å². The average Bonchev–Trinajstić information content (AvgIpc) is 3.04. The third-order valence-electron chi connectivity index (χ3n) is 3.95. The molecule has 6 heteroatoms. The van der Waals surface area contributed by atoms with Crippen LogP contribution in [0, 0.1) is 0 Å². The zero-order valence-corrected chi connectivity index (χ0v) is 13.9. The molecule has 118 valence electrons. The summed E-state index contributed by atoms with van der Waals surface area (Å²) < 4.78 is 0. The van der Waals surface area contributed by atoms with E-state index in [2.05, 4.69) is 37.5 Å². The standard InChI is InChI=1S/C16H23N5S/c1-13(11-21-7-3-2-4-8-21)19-9-14-12-22-16(20-14)15-10-17-5-6-18-15/h5-6,10,12-13,19H,2-4,7-9,11H2,1H3/t13-/m0/s1. The molecule has 5 nitrogen and oxygen atoms in total. The number of aromatic nitrogens is 3. The van der Waals surface area contributed by atoms with Gasteiger partial charge >= 0.3 is 0 Å². The minimum Gasteiger partial charge on any atom is -0.307 e. The first kappa shape index (κ1) is 15.5. The molecule has 3 rings (SSSR count). The van der Waals surface area contributed by atoms with Crippen molar-refractivity contribution in [2.75, 3.05) is 19.6 Å². The van der Waals surface area contributed by atoms with Crippen molar-refractivity contribution >= 4 is 11.3 Å². The van der Waals surface area contributed by atoms with Gasteiger partial charge < -0.3 is 10.2 Å². The van der Waals surface area contributed by atoms with Crippen LogP contribution in [0.1, 0.15) is 31.9 Å². The highest BCUT2D eigenvalue weighted by Crippen LogP contribution is 2.20. The van der Waals surface area contributed by atoms with E-state index in [0.717, 1.165) is 29.5 Å². The lowest BCUT2D eigenvalue weighted by Gasteiger charge is -2.29. The van der Waals surface area contributed by atoms with E-state index >= 15 is 0 Å². The van der Waals surface area contributed by atoms with Gasteiger partial charge in [0.2, 0.25) is 0 Å². The Balaban J connectivity index is 1.48. The maximum Gasteiger partial charge on any atom is 0.143 e. The van der Waals surface area contributed by atoms with Crippen molar-refractivity contribution in [1.29, 1.82) is 0 Å². The molecule has 0 bridgehead atoms. The maximum atomic E-state index is 4.64. The van der Waals surface area contributed by atoms with Crippen LogP contribution >= 0.6 is 11.3 Å². The molecule has 0 spiro atoms. The molecule has 3 heterocycles. The number of thiazole rings is 1. The average molecular weight is 317 g/mol. The monoisotopic (exact) mass is 317 g/mol. The number of rotatable bonds is 6. The predicted octanol–water partition coefficient (Wildman–Crippen LogP) is 2.56. The van der Waals surface area contributed by atoms with E-state index in [4.69, 9.17) is 0 Å². The molecule has 0 radical (unpaired) electrons. The molecule has 1 fully saturated rings. The number of likely N-dealkylation sites (tertiary alicyclic amines) is 1. The van der Waals surface area contributed by atoms with Crippen LogP contribution in [0.25, 0.3) is 10.7 Å². The second-order valence-electron chi connectivity index (χ2n) is 5.88. The second kappa shape index (κ2) is 7.76. The molecule has 1 aliphatic rings. The lowest BCUT2D eigenvalue weighted by molar-refractivity contribution is 0.208. The summed E-state index contributed by atoms with van der Waals surface area (Å²) in [5, 5.41) is 6.62. The summed E-state index contributed by atoms with van der Waals surface area (Å²) in [6.07, 6.45) is 9.23. The molecule has 1 saturated heterocycles. The second-order valence-corrected chi connectivity index (χ2v) is 6.74. The molecule has 1 atom stereocenters. The molecule has 2 aromatic rings. The van der Waals surface area contributed by atoms with Crippen molar-refractivity contribution < 1.29 is 0 Å². The van der Waals surface area contributed by atoms with Crippen molar-refractivity contribution in [2.24, 2.45) is 0 Å². The van der Waals surface area contributed by atoms with Gasteiger partial charge in [0.05, 0.1) is 11.9 Å². The Morgan fingerprint density at radius 2 is 2.14 bits per heavy atom. The molecule has 0 unspecified atom stereocenters. The first-order chi connectivity index (χ1) is 10.8. The Labute approximate surface area is 135 Å². The third-order valence-corrected chi connectivity index (χ3v) is 4.86. The van der Waals surface area contributed by atoms with E-state index < -0.39 is 0 Å². The Morgan fingerprint density at radius 1 is 1.27 bits per heavy atom. The number of piperidine rings is 1. The summed E-state index contributed by atoms with van der Waals surface area (Å²) in [5.41, 5.74) is 1.93. The van der Waals surface area contributed by atoms with Crippen molar-refractivity contribution in [3.8, 4) is 10.7 Å². The third kappa shape index (κ3) is 4.32. The fourth-order valence-corrected chi connectivity index (χ4v) is 3.57. The number of hydrogen-bond donors (Lipinski definition) is 1. The topological polar surface area (TPSA) is 53.9 Å². The Bertz CT molecular complexity index is 565. The van der Waals surface area contributed by atoms with Gasteiger partial charge in [0.25, 0.3) is 0 Å². The van der Waals surface area contributed by atoms with Gasteiger partial charge in [-0.05, 0) is 32.9 Å². The van der Waals surface area contributed by atoms with E-state index in [9.17, 15) is 0 Å². The molecule has 2 aromatic heterocycles. The predicted molar refractivity (Wildman–Crippen MR) is 89.7 cm³/mol. The van der Waals surface area contributed by atoms with Crippen LogP contribution in [-0.2, 0) is 6.54 Å². The van der Waals surface area contributed by atoms with Gasteiger partial charge in [-0.1, -0.05) is 6.42 Å². The van der Waals surface area contributed by atoms with Gasteiger partial charge in [0.15, 0.2) is 0 Å². The van der Waals surface area contributed by atoms with Gasteiger partial charge in [0.1, 0.15) is 10.7 Å². The highest BCUT2D eigenvalue weighted by molar-refractivity contribution is 7.13. The lowest BCUT2D eigenvalue weighted by atomic mass is 10.1. The highest BCUT2D eigenvalue weighted by Gasteiger charge is 2.13. The number of hydrogen-bond acceptors (Lipinski definition) is 6. The summed E-state index contributed by atoms with van der Waals surface area (Å²) in [5.74, 6) is 0. The molecule has 0 amide bonds. The molecular weight excluding hydrogens is 294 g/mol. The van der Waals surface area contributed by atoms with Crippen LogP contribution in [0.3, 0.4) is 0 Å². The van der Waals surface area contributed by atoms with E-state index in [0.29, 0.717) is 6.04 Å². The van der Waals surface area contributed by atoms with Crippen molar-refractivity contribution in [3.63, 3.8) is 0 Å². The van der Waals surface area contributed by atoms with Crippen LogP contribution in [0.4, 0.5) is 0 Å². The molecule has 1 N–H and O–H groups in total. The van der Waals surface area contributed by atoms with E-state index in [1.165, 1.54) is 32.4 Å². The van der Waals surface area contributed by atoms with Crippen molar-refractivity contribution in [2.45, 2.75) is 38.8 Å². The maximum absolute atomic E-state index is 4.64. The van der Waals surface area contributed by atoms with E-state index in [1.807, 2.05) is 0 Å². The molecular formula is C16H23N5S. The lowest BCUT2D eigenvalue weighted by Crippen LogP contribution is -2.41. The Kier molecular flexibility index (Phi) is 5.48. The molecule has 0 saturated carbocycles. The summed E-state index contributed by atoms with van der Waals surface area (Å²) in [7, 11) is 0. The van der Waals surface area contributed by atoms with Crippen LogP contribution in [-0.4, -0.2) is 45.5 Å². The SMILES string of the molecule is C[C@@H](CN1CCCCC1)NCc1csc(-c2cnccn2)n1. The van der Waals surface area contributed by atoms with Gasteiger partial charge in [-0.25, -0.2) is 4.98 Å². The minimum atomic E-state index is 0.486. The largest absolute Gasteiger partial charge is 0.307 e. The summed E-state index contributed by atoms with van der Waals surface area (Å²) in [6, 6.07) is 0.486. The molecule has 0 aromatic carbocycles. The summed E-state index contributed by atoms with van der Waals surface area (Å²) in [6.45, 7) is 6.69. The minimum absolute atomic E-state index is 0.486. The van der Waals surface area contributed by atoms with E-state index in [1.54, 1.807) is 29.9 Å². The smallest absolute Gasteiger partial charge is 0.143 e. The summed E-state index contributed by atoms with van der Waals surface area (Å²) in [4.78, 5) is 15.6. The van der Waals surface area contributed by atoms with Gasteiger partial charge in [-0.2, -0.15) is 0 Å². The normalized spacial score (nSPS) is 17.5. The Morgan fingerprint density at radius 3 is 2.91 bits per heavy atom. The fraction of sp³-hybridized carbons (Fsp3) is 0.562. The van der Waals surface area contributed by atoms with Gasteiger partial charge in [0, 0.05) is 36.9 Å². The van der Waals surface area contributed by atoms with Crippen LogP contribution in [0.15, 0.2) is 24.0 Å². The van der Waals surface area contributed by atoms with Crippen molar-refractivity contribution in [3.05, 3.63) is 29.7 Å². The van der Waals surface area contributed by atoms with Crippen LogP contribution in [0.5, 0.6) is 0 Å². The zero-order valence-electron chi connectivity index (χ0n) is 13.0. The van der Waals surface area contributed by atoms with Crippen LogP contribution < -0.4 is 5.32 Å². The Hall–Kier alpha value is -1.37. The zero-order chi connectivity index (χ0) is 15.2. The van der Waals surface area contributed by atoms with E-state index in [-0.39, 0.29) is 0 Å². The van der Waals surface area contributed by atoms with Gasteiger partial charge in [-0.3, -0.25) is 9.97 Å². The number of nitrogens with one attached hydrogen (secondary N) is 1. The molecule has 0 aliphatic carbocycles. The quantitative estimate of drug-likeness (QED) is 0.887. The van der Waals surface area contributed by atoms with Crippen molar-refractivity contribution in [1.82, 2.24) is 25.2 Å². The fourth-order valence-electron chi connectivity index (χ4n) is 2.79. The first-order valence-corrected chi connectivity index (χ1v) is 8.86.